The molecule has 0 unspecified atom stereocenters. The fourth-order valence-corrected chi connectivity index (χ4v) is 5.12. The number of nitrogens with one attached hydrogen (secondary N) is 1. The number of rotatable bonds is 12. The lowest BCUT2D eigenvalue weighted by molar-refractivity contribution is -0.140. The van der Waals surface area contributed by atoms with Crippen LogP contribution < -0.4 is 14.4 Å². The van der Waals surface area contributed by atoms with Gasteiger partial charge in [-0.05, 0) is 42.3 Å². The van der Waals surface area contributed by atoms with E-state index in [-0.39, 0.29) is 18.9 Å². The molecule has 1 atom stereocenters. The van der Waals surface area contributed by atoms with Gasteiger partial charge in [-0.25, -0.2) is 8.42 Å². The summed E-state index contributed by atoms with van der Waals surface area (Å²) in [6, 6.07) is 22.5. The van der Waals surface area contributed by atoms with E-state index in [1.54, 1.807) is 24.3 Å². The molecule has 0 spiro atoms. The van der Waals surface area contributed by atoms with Crippen molar-refractivity contribution in [2.24, 2.45) is 0 Å². The largest absolute Gasteiger partial charge is 0.497 e. The lowest BCUT2D eigenvalue weighted by atomic mass is 10.0. The Morgan fingerprint density at radius 1 is 0.974 bits per heavy atom. The standard InChI is InChI=1S/C28H32BrN3O5S/c1-4-30-28(34)26(17-21-9-6-5-7-10-21)31(19-22-13-15-23(29)16-14-22)27(33)20-32(38(3,35)36)24-11-8-12-25(18-24)37-2/h5-16,18,26H,4,17,19-20H2,1-3H3,(H,30,34)/t26-/m0/s1. The van der Waals surface area contributed by atoms with Crippen LogP contribution in [-0.4, -0.2) is 57.6 Å². The number of nitrogens with zero attached hydrogens (tertiary/aromatic N) is 2. The third-order valence-corrected chi connectivity index (χ3v) is 7.58. The average Bonchev–Trinajstić information content (AvgIpc) is 2.90. The van der Waals surface area contributed by atoms with Crippen molar-refractivity contribution in [2.45, 2.75) is 25.9 Å². The van der Waals surface area contributed by atoms with Crippen molar-refractivity contribution in [3.63, 3.8) is 0 Å². The summed E-state index contributed by atoms with van der Waals surface area (Å²) >= 11 is 3.42. The predicted octanol–water partition coefficient (Wildman–Crippen LogP) is 4.00. The summed E-state index contributed by atoms with van der Waals surface area (Å²) in [5.74, 6) is -0.359. The molecular formula is C28H32BrN3O5S. The number of sulfonamides is 1. The molecule has 38 heavy (non-hydrogen) atoms. The van der Waals surface area contributed by atoms with Crippen LogP contribution in [0.3, 0.4) is 0 Å². The maximum Gasteiger partial charge on any atom is 0.244 e. The number of anilines is 1. The van der Waals surface area contributed by atoms with Crippen LogP contribution in [0.4, 0.5) is 5.69 Å². The highest BCUT2D eigenvalue weighted by Crippen LogP contribution is 2.24. The van der Waals surface area contributed by atoms with Crippen LogP contribution in [0.25, 0.3) is 0 Å². The number of hydrogen-bond acceptors (Lipinski definition) is 5. The third-order valence-electron chi connectivity index (χ3n) is 5.91. The molecule has 0 heterocycles. The van der Waals surface area contributed by atoms with Gasteiger partial charge in [-0.3, -0.25) is 13.9 Å². The van der Waals surface area contributed by atoms with Gasteiger partial charge in [-0.15, -0.1) is 0 Å². The van der Waals surface area contributed by atoms with E-state index in [2.05, 4.69) is 21.2 Å². The van der Waals surface area contributed by atoms with E-state index in [1.807, 2.05) is 61.5 Å². The van der Waals surface area contributed by atoms with E-state index in [4.69, 9.17) is 4.74 Å². The third kappa shape index (κ3) is 8.06. The number of ether oxygens (including phenoxy) is 1. The molecule has 0 aromatic heterocycles. The van der Waals surface area contributed by atoms with Gasteiger partial charge < -0.3 is 15.0 Å². The number of methoxy groups -OCH3 is 1. The van der Waals surface area contributed by atoms with Gasteiger partial charge in [-0.2, -0.15) is 0 Å². The molecule has 10 heteroatoms. The van der Waals surface area contributed by atoms with Crippen LogP contribution in [0, 0.1) is 0 Å². The molecule has 0 bridgehead atoms. The topological polar surface area (TPSA) is 96.0 Å². The monoisotopic (exact) mass is 601 g/mol. The molecule has 3 rings (SSSR count). The van der Waals surface area contributed by atoms with Crippen molar-refractivity contribution in [2.75, 3.05) is 30.8 Å². The van der Waals surface area contributed by atoms with E-state index >= 15 is 0 Å². The first-order valence-corrected chi connectivity index (χ1v) is 14.7. The van der Waals surface area contributed by atoms with Gasteiger partial charge in [0, 0.05) is 30.0 Å². The summed E-state index contributed by atoms with van der Waals surface area (Å²) < 4.78 is 32.8. The lowest BCUT2D eigenvalue weighted by Crippen LogP contribution is -2.53. The normalized spacial score (nSPS) is 11.9. The zero-order valence-electron chi connectivity index (χ0n) is 21.6. The molecule has 1 N–H and O–H groups in total. The van der Waals surface area contributed by atoms with Gasteiger partial charge in [0.15, 0.2) is 0 Å². The summed E-state index contributed by atoms with van der Waals surface area (Å²) in [7, 11) is -2.36. The first kappa shape index (κ1) is 29.2. The minimum absolute atomic E-state index is 0.121. The predicted molar refractivity (Wildman–Crippen MR) is 152 cm³/mol. The second-order valence-electron chi connectivity index (χ2n) is 8.72. The van der Waals surface area contributed by atoms with Crippen LogP contribution in [0.15, 0.2) is 83.3 Å². The second kappa shape index (κ2) is 13.4. The Labute approximate surface area is 232 Å². The molecule has 8 nitrogen and oxygen atoms in total. The molecule has 0 aliphatic rings. The summed E-state index contributed by atoms with van der Waals surface area (Å²) in [5.41, 5.74) is 1.97. The van der Waals surface area contributed by atoms with E-state index < -0.39 is 28.5 Å². The van der Waals surface area contributed by atoms with Crippen molar-refractivity contribution in [1.82, 2.24) is 10.2 Å². The maximum absolute atomic E-state index is 13.9. The quantitative estimate of drug-likeness (QED) is 0.338. The number of halogens is 1. The molecule has 0 saturated carbocycles. The van der Waals surface area contributed by atoms with Gasteiger partial charge in [0.05, 0.1) is 19.1 Å². The summed E-state index contributed by atoms with van der Waals surface area (Å²) in [5, 5.41) is 2.84. The fourth-order valence-electron chi connectivity index (χ4n) is 4.01. The van der Waals surface area contributed by atoms with Crippen LogP contribution >= 0.6 is 15.9 Å². The lowest BCUT2D eigenvalue weighted by Gasteiger charge is -2.33. The summed E-state index contributed by atoms with van der Waals surface area (Å²) in [6.07, 6.45) is 1.32. The van der Waals surface area contributed by atoms with E-state index in [1.165, 1.54) is 12.0 Å². The highest BCUT2D eigenvalue weighted by atomic mass is 79.9. The van der Waals surface area contributed by atoms with E-state index in [9.17, 15) is 18.0 Å². The summed E-state index contributed by atoms with van der Waals surface area (Å²) in [4.78, 5) is 28.7. The van der Waals surface area contributed by atoms with Crippen molar-refractivity contribution < 1.29 is 22.7 Å². The molecule has 0 saturated heterocycles. The number of benzene rings is 3. The van der Waals surface area contributed by atoms with Gasteiger partial charge in [-0.1, -0.05) is 64.5 Å². The molecule has 202 valence electrons. The van der Waals surface area contributed by atoms with E-state index in [0.29, 0.717) is 18.0 Å². The smallest absolute Gasteiger partial charge is 0.244 e. The number of likely N-dealkylation sites (N-methyl/N-ethyl adjacent to an activating group) is 1. The summed E-state index contributed by atoms with van der Waals surface area (Å²) in [6.45, 7) is 1.85. The number of carbonyl (C=O) groups is 2. The van der Waals surface area contributed by atoms with Crippen LogP contribution in [0.5, 0.6) is 5.75 Å². The van der Waals surface area contributed by atoms with Crippen LogP contribution in [0.1, 0.15) is 18.1 Å². The second-order valence-corrected chi connectivity index (χ2v) is 11.5. The SMILES string of the molecule is CCNC(=O)[C@H](Cc1ccccc1)N(Cc1ccc(Br)cc1)C(=O)CN(c1cccc(OC)c1)S(C)(=O)=O. The number of hydrogen-bond donors (Lipinski definition) is 1. The minimum Gasteiger partial charge on any atom is -0.497 e. The average molecular weight is 603 g/mol. The zero-order valence-corrected chi connectivity index (χ0v) is 24.0. The molecule has 3 aromatic rings. The van der Waals surface area contributed by atoms with Crippen molar-refractivity contribution in [3.05, 3.63) is 94.5 Å². The van der Waals surface area contributed by atoms with Crippen LogP contribution in [-0.2, 0) is 32.6 Å². The zero-order chi connectivity index (χ0) is 27.7. The highest BCUT2D eigenvalue weighted by Gasteiger charge is 2.32. The van der Waals surface area contributed by atoms with Gasteiger partial charge in [0.25, 0.3) is 0 Å². The number of amides is 2. The maximum atomic E-state index is 13.9. The van der Waals surface area contributed by atoms with E-state index in [0.717, 1.165) is 26.2 Å². The van der Waals surface area contributed by atoms with Crippen LogP contribution in [0.2, 0.25) is 0 Å². The highest BCUT2D eigenvalue weighted by molar-refractivity contribution is 9.10. The molecule has 2 amide bonds. The molecule has 0 aliphatic carbocycles. The first-order chi connectivity index (χ1) is 18.1. The molecule has 3 aromatic carbocycles. The fraction of sp³-hybridized carbons (Fsp3) is 0.286. The molecule has 0 radical (unpaired) electrons. The van der Waals surface area contributed by atoms with Crippen molar-refractivity contribution >= 4 is 43.5 Å². The Morgan fingerprint density at radius 3 is 2.26 bits per heavy atom. The van der Waals surface area contributed by atoms with Gasteiger partial charge >= 0.3 is 0 Å². The Hall–Kier alpha value is -3.37. The Balaban J connectivity index is 2.03. The minimum atomic E-state index is -3.84. The Morgan fingerprint density at radius 2 is 1.66 bits per heavy atom. The first-order valence-electron chi connectivity index (χ1n) is 12.1. The van der Waals surface area contributed by atoms with Crippen molar-refractivity contribution in [1.29, 1.82) is 0 Å². The molecular weight excluding hydrogens is 570 g/mol. The van der Waals surface area contributed by atoms with Gasteiger partial charge in [0.1, 0.15) is 18.3 Å². The number of carbonyl (C=O) groups excluding carboxylic acids is 2. The van der Waals surface area contributed by atoms with Crippen molar-refractivity contribution in [3.8, 4) is 5.75 Å². The Kier molecular flexibility index (Phi) is 10.3. The molecule has 0 aliphatic heterocycles. The molecule has 0 fully saturated rings. The van der Waals surface area contributed by atoms with Gasteiger partial charge in [0.2, 0.25) is 21.8 Å². The Bertz CT molecular complexity index is 1330.